The number of amides is 1. The van der Waals surface area contributed by atoms with E-state index < -0.39 is 5.91 Å². The van der Waals surface area contributed by atoms with Gasteiger partial charge in [0, 0.05) is 12.6 Å². The highest BCUT2D eigenvalue weighted by molar-refractivity contribution is 5.74. The number of carbonyl (C=O) groups excluding carboxylic acids is 1. The van der Waals surface area contributed by atoms with E-state index in [1.807, 2.05) is 13.8 Å². The van der Waals surface area contributed by atoms with E-state index in [0.29, 0.717) is 37.6 Å². The van der Waals surface area contributed by atoms with Crippen LogP contribution in [0.15, 0.2) is 4.42 Å². The summed E-state index contributed by atoms with van der Waals surface area (Å²) in [5.41, 5.74) is 4.91. The standard InChI is InChI=1S/C10H19N5O3/c1-7(2)13-5-9-14-15-10(18-9)12-3-4-17-6-8(11)16/h7,13H,3-6H2,1-2H3,(H2,11,16)(H,12,15). The topological polar surface area (TPSA) is 115 Å². The van der Waals surface area contributed by atoms with Crippen LogP contribution in [0.25, 0.3) is 0 Å². The molecule has 1 rings (SSSR count). The summed E-state index contributed by atoms with van der Waals surface area (Å²) in [6.45, 7) is 5.31. The lowest BCUT2D eigenvalue weighted by molar-refractivity contribution is -0.122. The van der Waals surface area contributed by atoms with Gasteiger partial charge in [0.1, 0.15) is 6.61 Å². The maximum Gasteiger partial charge on any atom is 0.315 e. The zero-order valence-electron chi connectivity index (χ0n) is 10.6. The molecule has 1 aromatic rings. The highest BCUT2D eigenvalue weighted by atomic mass is 16.5. The zero-order chi connectivity index (χ0) is 13.4. The van der Waals surface area contributed by atoms with Crippen molar-refractivity contribution in [3.63, 3.8) is 0 Å². The summed E-state index contributed by atoms with van der Waals surface area (Å²) in [6.07, 6.45) is 0. The van der Waals surface area contributed by atoms with Gasteiger partial charge in [-0.05, 0) is 0 Å². The molecule has 0 aliphatic carbocycles. The van der Waals surface area contributed by atoms with Gasteiger partial charge in [0.2, 0.25) is 11.8 Å². The van der Waals surface area contributed by atoms with E-state index >= 15 is 0 Å². The average Bonchev–Trinajstić information content (AvgIpc) is 2.73. The summed E-state index contributed by atoms with van der Waals surface area (Å²) in [4.78, 5) is 10.4. The van der Waals surface area contributed by atoms with Crippen molar-refractivity contribution in [2.24, 2.45) is 5.73 Å². The highest BCUT2D eigenvalue weighted by Crippen LogP contribution is 2.04. The van der Waals surface area contributed by atoms with Crippen molar-refractivity contribution in [2.75, 3.05) is 25.1 Å². The van der Waals surface area contributed by atoms with Gasteiger partial charge in [-0.15, -0.1) is 5.10 Å². The van der Waals surface area contributed by atoms with Gasteiger partial charge in [0.05, 0.1) is 13.2 Å². The number of hydrogen-bond acceptors (Lipinski definition) is 7. The Balaban J connectivity index is 2.17. The number of primary amides is 1. The van der Waals surface area contributed by atoms with Crippen LogP contribution in [0, 0.1) is 0 Å². The largest absolute Gasteiger partial charge is 0.407 e. The first-order chi connectivity index (χ1) is 8.58. The molecule has 0 fully saturated rings. The number of aromatic nitrogens is 2. The van der Waals surface area contributed by atoms with Crippen LogP contribution >= 0.6 is 0 Å². The van der Waals surface area contributed by atoms with Crippen molar-refractivity contribution in [2.45, 2.75) is 26.4 Å². The molecule has 18 heavy (non-hydrogen) atoms. The number of nitrogens with one attached hydrogen (secondary N) is 2. The third-order valence-electron chi connectivity index (χ3n) is 1.90. The van der Waals surface area contributed by atoms with E-state index in [0.717, 1.165) is 0 Å². The molecule has 0 saturated carbocycles. The molecule has 1 aromatic heterocycles. The van der Waals surface area contributed by atoms with Crippen molar-refractivity contribution in [3.05, 3.63) is 5.89 Å². The number of nitrogens with two attached hydrogens (primary N) is 1. The van der Waals surface area contributed by atoms with E-state index in [2.05, 4.69) is 20.8 Å². The normalized spacial score (nSPS) is 10.8. The van der Waals surface area contributed by atoms with Crippen LogP contribution in [0.5, 0.6) is 0 Å². The summed E-state index contributed by atoms with van der Waals surface area (Å²) < 4.78 is 10.3. The first-order valence-electron chi connectivity index (χ1n) is 5.73. The van der Waals surface area contributed by atoms with Gasteiger partial charge in [-0.25, -0.2) is 0 Å². The van der Waals surface area contributed by atoms with E-state index in [1.165, 1.54) is 0 Å². The van der Waals surface area contributed by atoms with Gasteiger partial charge in [-0.3, -0.25) is 4.79 Å². The molecule has 0 saturated heterocycles. The smallest absolute Gasteiger partial charge is 0.315 e. The zero-order valence-corrected chi connectivity index (χ0v) is 10.6. The second-order valence-corrected chi connectivity index (χ2v) is 3.98. The predicted octanol–water partition coefficient (Wildman–Crippen LogP) is -0.519. The van der Waals surface area contributed by atoms with E-state index in [-0.39, 0.29) is 6.61 Å². The Labute approximate surface area is 105 Å². The fourth-order valence-electron chi connectivity index (χ4n) is 1.09. The van der Waals surface area contributed by atoms with E-state index in [9.17, 15) is 4.79 Å². The van der Waals surface area contributed by atoms with E-state index in [1.54, 1.807) is 0 Å². The molecule has 0 aliphatic heterocycles. The second kappa shape index (κ2) is 7.62. The Kier molecular flexibility index (Phi) is 6.09. The van der Waals surface area contributed by atoms with Crippen LogP contribution in [0.4, 0.5) is 6.01 Å². The van der Waals surface area contributed by atoms with Crippen molar-refractivity contribution < 1.29 is 13.9 Å². The Hall–Kier alpha value is -1.67. The maximum absolute atomic E-state index is 10.4. The molecular weight excluding hydrogens is 238 g/mol. The molecule has 0 atom stereocenters. The van der Waals surface area contributed by atoms with Crippen LogP contribution in [-0.2, 0) is 16.1 Å². The molecule has 0 spiro atoms. The Morgan fingerprint density at radius 3 is 2.94 bits per heavy atom. The lowest BCUT2D eigenvalue weighted by atomic mass is 10.4. The SMILES string of the molecule is CC(C)NCc1nnc(NCCOCC(N)=O)o1. The first kappa shape index (κ1) is 14.4. The van der Waals surface area contributed by atoms with Crippen LogP contribution in [0.1, 0.15) is 19.7 Å². The minimum absolute atomic E-state index is 0.0882. The summed E-state index contributed by atoms with van der Waals surface area (Å²) in [7, 11) is 0. The van der Waals surface area contributed by atoms with Crippen molar-refractivity contribution >= 4 is 11.9 Å². The summed E-state index contributed by atoms with van der Waals surface area (Å²) in [5, 5.41) is 13.7. The molecule has 8 nitrogen and oxygen atoms in total. The molecule has 0 bridgehead atoms. The monoisotopic (exact) mass is 257 g/mol. The van der Waals surface area contributed by atoms with Gasteiger partial charge in [0.25, 0.3) is 0 Å². The molecule has 0 aliphatic rings. The van der Waals surface area contributed by atoms with Crippen LogP contribution in [0.2, 0.25) is 0 Å². The fraction of sp³-hybridized carbons (Fsp3) is 0.700. The average molecular weight is 257 g/mol. The molecule has 8 heteroatoms. The van der Waals surface area contributed by atoms with E-state index in [4.69, 9.17) is 14.9 Å². The van der Waals surface area contributed by atoms with Gasteiger partial charge >= 0.3 is 6.01 Å². The third kappa shape index (κ3) is 6.16. The molecule has 0 radical (unpaired) electrons. The van der Waals surface area contributed by atoms with Crippen LogP contribution in [-0.4, -0.2) is 41.9 Å². The molecule has 0 unspecified atom stereocenters. The summed E-state index contributed by atoms with van der Waals surface area (Å²) in [6, 6.07) is 0.689. The minimum Gasteiger partial charge on any atom is -0.407 e. The summed E-state index contributed by atoms with van der Waals surface area (Å²) >= 11 is 0. The molecule has 102 valence electrons. The number of anilines is 1. The minimum atomic E-state index is -0.491. The second-order valence-electron chi connectivity index (χ2n) is 3.98. The van der Waals surface area contributed by atoms with Gasteiger partial charge in [-0.2, -0.15) is 0 Å². The number of carbonyl (C=O) groups is 1. The summed E-state index contributed by atoms with van der Waals surface area (Å²) in [5.74, 6) is 0.0269. The molecular formula is C10H19N5O3. The Bertz CT molecular complexity index is 366. The lowest BCUT2D eigenvalue weighted by Gasteiger charge is -2.03. The highest BCUT2D eigenvalue weighted by Gasteiger charge is 2.05. The lowest BCUT2D eigenvalue weighted by Crippen LogP contribution is -2.21. The van der Waals surface area contributed by atoms with Crippen molar-refractivity contribution in [3.8, 4) is 0 Å². The third-order valence-corrected chi connectivity index (χ3v) is 1.90. The fourth-order valence-corrected chi connectivity index (χ4v) is 1.09. The molecule has 1 amide bonds. The molecule has 1 heterocycles. The molecule has 0 aromatic carbocycles. The quantitative estimate of drug-likeness (QED) is 0.510. The Morgan fingerprint density at radius 1 is 1.50 bits per heavy atom. The predicted molar refractivity (Wildman–Crippen MR) is 64.8 cm³/mol. The maximum atomic E-state index is 10.4. The first-order valence-corrected chi connectivity index (χ1v) is 5.73. The van der Waals surface area contributed by atoms with Crippen molar-refractivity contribution in [1.82, 2.24) is 15.5 Å². The Morgan fingerprint density at radius 2 is 2.28 bits per heavy atom. The van der Waals surface area contributed by atoms with Crippen molar-refractivity contribution in [1.29, 1.82) is 0 Å². The van der Waals surface area contributed by atoms with Crippen LogP contribution in [0.3, 0.4) is 0 Å². The number of ether oxygens (including phenoxy) is 1. The van der Waals surface area contributed by atoms with Gasteiger partial charge < -0.3 is 25.5 Å². The number of hydrogen-bond donors (Lipinski definition) is 3. The van der Waals surface area contributed by atoms with Gasteiger partial charge in [-0.1, -0.05) is 18.9 Å². The number of nitrogens with zero attached hydrogens (tertiary/aromatic N) is 2. The molecule has 4 N–H and O–H groups in total. The van der Waals surface area contributed by atoms with Gasteiger partial charge in [0.15, 0.2) is 0 Å². The van der Waals surface area contributed by atoms with Crippen LogP contribution < -0.4 is 16.4 Å². The number of rotatable bonds is 9.